The van der Waals surface area contributed by atoms with Gasteiger partial charge in [0.25, 0.3) is 0 Å². The zero-order valence-corrected chi connectivity index (χ0v) is 11.5. The van der Waals surface area contributed by atoms with E-state index in [1.165, 1.54) is 0 Å². The quantitative estimate of drug-likeness (QED) is 0.830. The lowest BCUT2D eigenvalue weighted by molar-refractivity contribution is -0.128. The van der Waals surface area contributed by atoms with Crippen molar-refractivity contribution in [3.8, 4) is 11.8 Å². The average molecular weight is 257 g/mol. The van der Waals surface area contributed by atoms with Crippen molar-refractivity contribution < 1.29 is 9.53 Å². The van der Waals surface area contributed by atoms with Gasteiger partial charge in [-0.05, 0) is 18.9 Å². The van der Waals surface area contributed by atoms with E-state index in [4.69, 9.17) is 4.74 Å². The van der Waals surface area contributed by atoms with Gasteiger partial charge < -0.3 is 4.74 Å². The molecule has 19 heavy (non-hydrogen) atoms. The summed E-state index contributed by atoms with van der Waals surface area (Å²) in [5, 5.41) is 9.42. The van der Waals surface area contributed by atoms with Crippen molar-refractivity contribution in [2.24, 2.45) is 5.41 Å². The van der Waals surface area contributed by atoms with Crippen molar-refractivity contribution in [3.63, 3.8) is 0 Å². The Morgan fingerprint density at radius 1 is 1.37 bits per heavy atom. The van der Waals surface area contributed by atoms with E-state index in [9.17, 15) is 10.1 Å². The number of hydrogen-bond acceptors (Lipinski definition) is 3. The fourth-order valence-corrected chi connectivity index (χ4v) is 2.92. The third-order valence-corrected chi connectivity index (χ3v) is 4.14. The normalized spacial score (nSPS) is 18.6. The Balaban J connectivity index is 2.35. The molecule has 1 atom stereocenters. The van der Waals surface area contributed by atoms with Crippen LogP contribution in [-0.2, 0) is 4.79 Å². The summed E-state index contributed by atoms with van der Waals surface area (Å²) < 4.78 is 5.27. The number of hydrogen-bond donors (Lipinski definition) is 0. The van der Waals surface area contributed by atoms with Gasteiger partial charge in [0.1, 0.15) is 11.7 Å². The van der Waals surface area contributed by atoms with Gasteiger partial charge in [0.15, 0.2) is 5.78 Å². The summed E-state index contributed by atoms with van der Waals surface area (Å²) in [5.74, 6) is -0.0692. The largest absolute Gasteiger partial charge is 0.496 e. The third-order valence-electron chi connectivity index (χ3n) is 4.14. The predicted octanol–water partition coefficient (Wildman–Crippen LogP) is 3.45. The molecule has 100 valence electrons. The van der Waals surface area contributed by atoms with Crippen LogP contribution in [0.2, 0.25) is 0 Å². The van der Waals surface area contributed by atoms with Crippen LogP contribution >= 0.6 is 0 Å². The lowest BCUT2D eigenvalue weighted by atomic mass is 9.76. The first-order valence-corrected chi connectivity index (χ1v) is 6.69. The molecule has 0 aromatic heterocycles. The van der Waals surface area contributed by atoms with Crippen molar-refractivity contribution in [3.05, 3.63) is 29.8 Å². The van der Waals surface area contributed by atoms with Crippen molar-refractivity contribution in [1.29, 1.82) is 5.26 Å². The summed E-state index contributed by atoms with van der Waals surface area (Å²) in [7, 11) is 1.56. The molecule has 1 unspecified atom stereocenters. The van der Waals surface area contributed by atoms with Gasteiger partial charge in [-0.1, -0.05) is 38.0 Å². The summed E-state index contributed by atoms with van der Waals surface area (Å²) in [6.45, 7) is 1.99. The molecule has 0 aliphatic heterocycles. The molecule has 1 aliphatic carbocycles. The van der Waals surface area contributed by atoms with Crippen molar-refractivity contribution in [2.75, 3.05) is 7.11 Å². The number of benzene rings is 1. The lowest BCUT2D eigenvalue weighted by Gasteiger charge is -2.25. The molecule has 1 aromatic carbocycles. The Bertz CT molecular complexity index is 510. The molecule has 0 heterocycles. The number of carbonyl (C=O) groups is 1. The predicted molar refractivity (Wildman–Crippen MR) is 72.9 cm³/mol. The molecule has 1 aromatic rings. The zero-order valence-electron chi connectivity index (χ0n) is 11.5. The Kier molecular flexibility index (Phi) is 3.90. The van der Waals surface area contributed by atoms with Crippen molar-refractivity contribution in [2.45, 2.75) is 38.5 Å². The standard InChI is InChI=1S/C16H19NO2/c1-16(9-5-6-10-16)15(18)13(11-17)12-7-3-4-8-14(12)19-2/h3-4,7-8,13H,5-6,9-10H2,1-2H3. The van der Waals surface area contributed by atoms with Gasteiger partial charge in [0.2, 0.25) is 0 Å². The van der Waals surface area contributed by atoms with Gasteiger partial charge in [0, 0.05) is 11.0 Å². The highest BCUT2D eigenvalue weighted by Gasteiger charge is 2.41. The second-order valence-corrected chi connectivity index (χ2v) is 5.44. The maximum absolute atomic E-state index is 12.7. The first kappa shape index (κ1) is 13.6. The molecule has 0 amide bonds. The van der Waals surface area contributed by atoms with Crippen LogP contribution in [0.15, 0.2) is 24.3 Å². The number of nitrogens with zero attached hydrogens (tertiary/aromatic N) is 1. The molecule has 0 radical (unpaired) electrons. The molecule has 1 fully saturated rings. The summed E-state index contributed by atoms with van der Waals surface area (Å²) in [6, 6.07) is 9.45. The van der Waals surface area contributed by atoms with Crippen LogP contribution in [0.3, 0.4) is 0 Å². The Morgan fingerprint density at radius 3 is 2.58 bits per heavy atom. The highest BCUT2D eigenvalue weighted by molar-refractivity contribution is 5.93. The van der Waals surface area contributed by atoms with Gasteiger partial charge in [-0.25, -0.2) is 0 Å². The van der Waals surface area contributed by atoms with Crippen LogP contribution in [0.5, 0.6) is 5.75 Å². The molecule has 3 heteroatoms. The molecule has 0 saturated heterocycles. The minimum absolute atomic E-state index is 0.0389. The van der Waals surface area contributed by atoms with Gasteiger partial charge in [0.05, 0.1) is 13.2 Å². The molecule has 1 aliphatic rings. The second-order valence-electron chi connectivity index (χ2n) is 5.44. The monoisotopic (exact) mass is 257 g/mol. The number of methoxy groups -OCH3 is 1. The summed E-state index contributed by atoms with van der Waals surface area (Å²) in [6.07, 6.45) is 3.93. The highest BCUT2D eigenvalue weighted by atomic mass is 16.5. The van der Waals surface area contributed by atoms with Gasteiger partial charge in [-0.15, -0.1) is 0 Å². The van der Waals surface area contributed by atoms with Crippen LogP contribution in [0.1, 0.15) is 44.1 Å². The van der Waals surface area contributed by atoms with E-state index < -0.39 is 5.92 Å². The number of Topliss-reactive ketones (excluding diaryl/α,β-unsaturated/α-hetero) is 1. The minimum Gasteiger partial charge on any atom is -0.496 e. The van der Waals surface area contributed by atoms with Gasteiger partial charge in [-0.3, -0.25) is 4.79 Å². The average Bonchev–Trinajstić information content (AvgIpc) is 2.88. The van der Waals surface area contributed by atoms with Crippen LogP contribution in [0.4, 0.5) is 0 Å². The van der Waals surface area contributed by atoms with Crippen LogP contribution < -0.4 is 4.74 Å². The number of rotatable bonds is 4. The second kappa shape index (κ2) is 5.44. The highest BCUT2D eigenvalue weighted by Crippen LogP contribution is 2.43. The van der Waals surface area contributed by atoms with Gasteiger partial charge >= 0.3 is 0 Å². The number of ketones is 1. The van der Waals surface area contributed by atoms with Crippen LogP contribution in [0.25, 0.3) is 0 Å². The Hall–Kier alpha value is -1.82. The fraction of sp³-hybridized carbons (Fsp3) is 0.500. The smallest absolute Gasteiger partial charge is 0.160 e. The fourth-order valence-electron chi connectivity index (χ4n) is 2.92. The van der Waals surface area contributed by atoms with Crippen molar-refractivity contribution in [1.82, 2.24) is 0 Å². The van der Waals surface area contributed by atoms with Gasteiger partial charge in [-0.2, -0.15) is 5.26 Å². The first-order valence-electron chi connectivity index (χ1n) is 6.69. The Morgan fingerprint density at radius 2 is 2.00 bits per heavy atom. The third kappa shape index (κ3) is 2.49. The van der Waals surface area contributed by atoms with Crippen molar-refractivity contribution >= 4 is 5.78 Å². The van der Waals surface area contributed by atoms with E-state index in [0.717, 1.165) is 25.7 Å². The zero-order chi connectivity index (χ0) is 13.9. The number of nitriles is 1. The maximum atomic E-state index is 12.7. The van der Waals surface area contributed by atoms with E-state index in [0.29, 0.717) is 11.3 Å². The molecule has 0 N–H and O–H groups in total. The Labute approximate surface area is 114 Å². The number of carbonyl (C=O) groups excluding carboxylic acids is 1. The van der Waals surface area contributed by atoms with Crippen LogP contribution in [-0.4, -0.2) is 12.9 Å². The number of ether oxygens (including phenoxy) is 1. The molecule has 3 nitrogen and oxygen atoms in total. The molecule has 0 spiro atoms. The topological polar surface area (TPSA) is 50.1 Å². The SMILES string of the molecule is COc1ccccc1C(C#N)C(=O)C1(C)CCCC1. The van der Waals surface area contributed by atoms with E-state index >= 15 is 0 Å². The lowest BCUT2D eigenvalue weighted by Crippen LogP contribution is -2.29. The summed E-state index contributed by atoms with van der Waals surface area (Å²) in [5.41, 5.74) is 0.340. The summed E-state index contributed by atoms with van der Waals surface area (Å²) >= 11 is 0. The molecular formula is C16H19NO2. The van der Waals surface area contributed by atoms with E-state index in [1.807, 2.05) is 25.1 Å². The first-order chi connectivity index (χ1) is 9.12. The van der Waals surface area contributed by atoms with E-state index in [-0.39, 0.29) is 11.2 Å². The number of para-hydroxylation sites is 1. The molecule has 1 saturated carbocycles. The maximum Gasteiger partial charge on any atom is 0.160 e. The van der Waals surface area contributed by atoms with E-state index in [1.54, 1.807) is 13.2 Å². The minimum atomic E-state index is -0.723. The molecular weight excluding hydrogens is 238 g/mol. The van der Waals surface area contributed by atoms with Crippen LogP contribution in [0, 0.1) is 16.7 Å². The van der Waals surface area contributed by atoms with E-state index in [2.05, 4.69) is 6.07 Å². The summed E-state index contributed by atoms with van der Waals surface area (Å²) in [4.78, 5) is 12.7. The molecule has 0 bridgehead atoms. The molecule has 2 rings (SSSR count).